The highest BCUT2D eigenvalue weighted by Crippen LogP contribution is 2.24. The van der Waals surface area contributed by atoms with Gasteiger partial charge in [0.15, 0.2) is 0 Å². The molecule has 1 N–H and O–H groups in total. The summed E-state index contributed by atoms with van der Waals surface area (Å²) in [6.45, 7) is 4.66. The van der Waals surface area contributed by atoms with Crippen molar-refractivity contribution in [3.63, 3.8) is 0 Å². The second-order valence-electron chi connectivity index (χ2n) is 8.39. The maximum absolute atomic E-state index is 14.6. The summed E-state index contributed by atoms with van der Waals surface area (Å²) >= 11 is 5.97. The van der Waals surface area contributed by atoms with Gasteiger partial charge in [-0.3, -0.25) is 9.59 Å². The van der Waals surface area contributed by atoms with E-state index in [1.807, 2.05) is 13.8 Å². The largest absolute Gasteiger partial charge is 0.352 e. The molecule has 2 amide bonds. The smallest absolute Gasteiger partial charge is 0.304 e. The van der Waals surface area contributed by atoms with Crippen LogP contribution in [0.4, 0.5) is 10.1 Å². The van der Waals surface area contributed by atoms with E-state index in [9.17, 15) is 22.4 Å². The summed E-state index contributed by atoms with van der Waals surface area (Å²) in [5, 5.41) is 3.36. The number of nitrogens with zero attached hydrogens (tertiary/aromatic N) is 3. The van der Waals surface area contributed by atoms with Crippen LogP contribution < -0.4 is 9.62 Å². The normalized spacial score (nSPS) is 13.3. The van der Waals surface area contributed by atoms with Crippen molar-refractivity contribution < 1.29 is 22.4 Å². The molecule has 0 bridgehead atoms. The van der Waals surface area contributed by atoms with Crippen LogP contribution in [0.3, 0.4) is 0 Å². The highest BCUT2D eigenvalue weighted by atomic mass is 35.5. The van der Waals surface area contributed by atoms with Gasteiger partial charge in [-0.1, -0.05) is 42.8 Å². The van der Waals surface area contributed by atoms with Crippen LogP contribution in [0.2, 0.25) is 5.02 Å². The highest BCUT2D eigenvalue weighted by Gasteiger charge is 2.33. The van der Waals surface area contributed by atoms with E-state index in [1.54, 1.807) is 31.2 Å². The number of hydrogen-bond donors (Lipinski definition) is 1. The zero-order valence-corrected chi connectivity index (χ0v) is 22.1. The van der Waals surface area contributed by atoms with E-state index in [4.69, 9.17) is 11.6 Å². The fourth-order valence-corrected chi connectivity index (χ4v) is 4.38. The molecule has 35 heavy (non-hydrogen) atoms. The first-order chi connectivity index (χ1) is 16.4. The van der Waals surface area contributed by atoms with Gasteiger partial charge < -0.3 is 10.2 Å². The first-order valence-electron chi connectivity index (χ1n) is 11.2. The minimum Gasteiger partial charge on any atom is -0.352 e. The molecule has 2 atom stereocenters. The molecule has 0 unspecified atom stereocenters. The summed E-state index contributed by atoms with van der Waals surface area (Å²) in [6, 6.07) is 11.0. The van der Waals surface area contributed by atoms with Gasteiger partial charge in [0.05, 0.1) is 5.69 Å². The van der Waals surface area contributed by atoms with Crippen molar-refractivity contribution in [3.8, 4) is 0 Å². The second kappa shape index (κ2) is 12.3. The van der Waals surface area contributed by atoms with Gasteiger partial charge in [-0.25, -0.2) is 8.70 Å². The first-order valence-corrected chi connectivity index (χ1v) is 12.9. The molecule has 0 spiro atoms. The summed E-state index contributed by atoms with van der Waals surface area (Å²) in [5.41, 5.74) is 0.427. The number of amides is 2. The lowest BCUT2D eigenvalue weighted by molar-refractivity contribution is -0.139. The van der Waals surface area contributed by atoms with Crippen molar-refractivity contribution in [1.82, 2.24) is 14.5 Å². The fourth-order valence-electron chi connectivity index (χ4n) is 3.19. The van der Waals surface area contributed by atoms with Crippen LogP contribution in [-0.4, -0.2) is 62.2 Å². The summed E-state index contributed by atoms with van der Waals surface area (Å²) in [6.07, 6.45) is 0.700. The maximum Gasteiger partial charge on any atom is 0.304 e. The second-order valence-corrected chi connectivity index (χ2v) is 10.9. The third-order valence-corrected chi connectivity index (χ3v) is 7.63. The SMILES string of the molecule is CC[C@@H](C)NC(=O)[C@H](C)N(Cc1ccc(Cl)cc1)C(=O)CN(c1ccccc1F)S(=O)(=O)N(C)C. The molecule has 0 saturated carbocycles. The van der Waals surface area contributed by atoms with Crippen molar-refractivity contribution in [2.24, 2.45) is 0 Å². The molecule has 0 heterocycles. The molecule has 0 aliphatic heterocycles. The minimum atomic E-state index is -4.23. The molecular weight excluding hydrogens is 495 g/mol. The molecule has 11 heteroatoms. The zero-order chi connectivity index (χ0) is 26.3. The number of carbonyl (C=O) groups excluding carboxylic acids is 2. The quantitative estimate of drug-likeness (QED) is 0.486. The van der Waals surface area contributed by atoms with Crippen LogP contribution in [0, 0.1) is 5.82 Å². The number of anilines is 1. The van der Waals surface area contributed by atoms with Gasteiger partial charge in [0.1, 0.15) is 18.4 Å². The predicted octanol–water partition coefficient (Wildman–Crippen LogP) is 3.42. The van der Waals surface area contributed by atoms with Crippen LogP contribution in [0.15, 0.2) is 48.5 Å². The number of nitrogens with one attached hydrogen (secondary N) is 1. The van der Waals surface area contributed by atoms with Gasteiger partial charge in [0.25, 0.3) is 0 Å². The molecule has 8 nitrogen and oxygen atoms in total. The Balaban J connectivity index is 2.46. The summed E-state index contributed by atoms with van der Waals surface area (Å²) in [4.78, 5) is 27.7. The van der Waals surface area contributed by atoms with Gasteiger partial charge in [-0.2, -0.15) is 12.7 Å². The standard InChI is InChI=1S/C24H32ClFN4O4S/c1-6-17(2)27-24(32)18(3)29(15-19-11-13-20(25)14-12-19)23(31)16-30(35(33,34)28(4)5)22-10-8-7-9-21(22)26/h7-14,17-18H,6,15-16H2,1-5H3,(H,27,32)/t17-,18+/m1/s1. The van der Waals surface area contributed by atoms with E-state index in [2.05, 4.69) is 5.32 Å². The van der Waals surface area contributed by atoms with Crippen LogP contribution >= 0.6 is 11.6 Å². The summed E-state index contributed by atoms with van der Waals surface area (Å²) in [5.74, 6) is -1.84. The highest BCUT2D eigenvalue weighted by molar-refractivity contribution is 7.90. The zero-order valence-electron chi connectivity index (χ0n) is 20.5. The molecule has 2 aromatic carbocycles. The summed E-state index contributed by atoms with van der Waals surface area (Å²) < 4.78 is 42.3. The monoisotopic (exact) mass is 526 g/mol. The minimum absolute atomic E-state index is 0.0260. The van der Waals surface area contributed by atoms with Gasteiger partial charge in [-0.05, 0) is 50.1 Å². The van der Waals surface area contributed by atoms with Gasteiger partial charge >= 0.3 is 10.2 Å². The molecule has 2 aromatic rings. The Morgan fingerprint density at radius 2 is 1.66 bits per heavy atom. The lowest BCUT2D eigenvalue weighted by Gasteiger charge is -2.33. The van der Waals surface area contributed by atoms with Crippen LogP contribution in [0.25, 0.3) is 0 Å². The van der Waals surface area contributed by atoms with E-state index >= 15 is 0 Å². The Kier molecular flexibility index (Phi) is 10.1. The van der Waals surface area contributed by atoms with E-state index in [-0.39, 0.29) is 24.2 Å². The Hall–Kier alpha value is -2.69. The van der Waals surface area contributed by atoms with Gasteiger partial charge in [0, 0.05) is 31.7 Å². The Morgan fingerprint density at radius 1 is 1.06 bits per heavy atom. The molecule has 0 fully saturated rings. The molecule has 192 valence electrons. The molecule has 2 rings (SSSR count). The van der Waals surface area contributed by atoms with Crippen LogP contribution in [0.1, 0.15) is 32.8 Å². The predicted molar refractivity (Wildman–Crippen MR) is 136 cm³/mol. The van der Waals surface area contributed by atoms with E-state index in [0.29, 0.717) is 21.3 Å². The number of hydrogen-bond acceptors (Lipinski definition) is 4. The summed E-state index contributed by atoms with van der Waals surface area (Å²) in [7, 11) is -1.64. The Bertz CT molecular complexity index is 1130. The number of carbonyl (C=O) groups is 2. The molecular formula is C24H32ClFN4O4S. The number of halogens is 2. The van der Waals surface area contributed by atoms with E-state index in [1.165, 1.54) is 37.2 Å². The molecule has 0 aromatic heterocycles. The molecule has 0 aliphatic rings. The van der Waals surface area contributed by atoms with Gasteiger partial charge in [0.2, 0.25) is 11.8 Å². The maximum atomic E-state index is 14.6. The number of para-hydroxylation sites is 1. The lowest BCUT2D eigenvalue weighted by atomic mass is 10.1. The topological polar surface area (TPSA) is 90.0 Å². The van der Waals surface area contributed by atoms with Crippen molar-refractivity contribution in [2.45, 2.75) is 45.8 Å². The third-order valence-electron chi connectivity index (χ3n) is 5.57. The van der Waals surface area contributed by atoms with E-state index < -0.39 is 34.5 Å². The lowest BCUT2D eigenvalue weighted by Crippen LogP contribution is -2.53. The van der Waals surface area contributed by atoms with Gasteiger partial charge in [-0.15, -0.1) is 0 Å². The van der Waals surface area contributed by atoms with Crippen molar-refractivity contribution in [2.75, 3.05) is 24.9 Å². The Morgan fingerprint density at radius 3 is 2.20 bits per heavy atom. The fraction of sp³-hybridized carbons (Fsp3) is 0.417. The van der Waals surface area contributed by atoms with Crippen molar-refractivity contribution >= 4 is 39.3 Å². The molecule has 0 saturated heterocycles. The Labute approximate surface area is 211 Å². The molecule has 0 radical (unpaired) electrons. The third kappa shape index (κ3) is 7.39. The number of rotatable bonds is 11. The average molecular weight is 527 g/mol. The van der Waals surface area contributed by atoms with Crippen LogP contribution in [0.5, 0.6) is 0 Å². The molecule has 0 aliphatic carbocycles. The van der Waals surface area contributed by atoms with E-state index in [0.717, 1.165) is 10.4 Å². The average Bonchev–Trinajstić information content (AvgIpc) is 2.81. The van der Waals surface area contributed by atoms with Crippen molar-refractivity contribution in [3.05, 3.63) is 64.9 Å². The first kappa shape index (κ1) is 28.5. The number of benzene rings is 2. The van der Waals surface area contributed by atoms with Crippen molar-refractivity contribution in [1.29, 1.82) is 0 Å². The van der Waals surface area contributed by atoms with Crippen LogP contribution in [-0.2, 0) is 26.3 Å².